The summed E-state index contributed by atoms with van der Waals surface area (Å²) in [6.45, 7) is 3.06. The van der Waals surface area contributed by atoms with Crippen LogP contribution in [-0.4, -0.2) is 45.7 Å². The van der Waals surface area contributed by atoms with Gasteiger partial charge >= 0.3 is 6.18 Å². The van der Waals surface area contributed by atoms with Crippen LogP contribution in [0.2, 0.25) is 0 Å². The van der Waals surface area contributed by atoms with Crippen LogP contribution >= 0.6 is 0 Å². The first-order valence-corrected chi connectivity index (χ1v) is 8.97. The predicted octanol–water partition coefficient (Wildman–Crippen LogP) is 0.872. The van der Waals surface area contributed by atoms with E-state index in [1.54, 1.807) is 19.2 Å². The number of piperazine rings is 1. The normalized spacial score (nSPS) is 15.4. The average Bonchev–Trinajstić information content (AvgIpc) is 2.68. The van der Waals surface area contributed by atoms with Gasteiger partial charge in [-0.2, -0.15) is 13.2 Å². The van der Waals surface area contributed by atoms with Crippen LogP contribution in [0.5, 0.6) is 5.75 Å². The number of quaternary nitrogens is 1. The van der Waals surface area contributed by atoms with Crippen LogP contribution in [0.25, 0.3) is 0 Å². The minimum absolute atomic E-state index is 0.103. The lowest BCUT2D eigenvalue weighted by Gasteiger charge is -2.28. The zero-order chi connectivity index (χ0) is 20.1. The molecule has 0 atom stereocenters. The number of carbonyl (C=O) groups excluding carboxylic acids is 1. The Bertz CT molecular complexity index is 804. The number of H-pyrrole nitrogens is 1. The summed E-state index contributed by atoms with van der Waals surface area (Å²) in [5.41, 5.74) is -0.0686. The number of hydrogen-bond donors (Lipinski definition) is 2. The Balaban J connectivity index is 1.50. The van der Waals surface area contributed by atoms with Crippen LogP contribution in [-0.2, 0) is 11.0 Å². The summed E-state index contributed by atoms with van der Waals surface area (Å²) in [6.07, 6.45) is -3.37. The SMILES string of the molecule is COc1ccccc1NC(=O)C[NH+]1CCN(c2ccc(C(F)(F)F)c[nH+]2)CC1. The summed E-state index contributed by atoms with van der Waals surface area (Å²) >= 11 is 0. The van der Waals surface area contributed by atoms with Crippen molar-refractivity contribution in [3.05, 3.63) is 48.2 Å². The molecule has 1 aromatic carbocycles. The number of benzene rings is 1. The van der Waals surface area contributed by atoms with Gasteiger partial charge in [0.25, 0.3) is 11.7 Å². The van der Waals surface area contributed by atoms with Gasteiger partial charge in [-0.15, -0.1) is 0 Å². The largest absolute Gasteiger partial charge is 0.495 e. The molecule has 1 aromatic heterocycles. The Hall–Kier alpha value is -2.81. The van der Waals surface area contributed by atoms with Crippen molar-refractivity contribution >= 4 is 17.4 Å². The number of anilines is 2. The van der Waals surface area contributed by atoms with Crippen LogP contribution in [0, 0.1) is 0 Å². The number of ether oxygens (including phenoxy) is 1. The summed E-state index contributed by atoms with van der Waals surface area (Å²) in [4.78, 5) is 18.1. The number of halogens is 3. The molecule has 0 spiro atoms. The van der Waals surface area contributed by atoms with Gasteiger partial charge < -0.3 is 15.0 Å². The van der Waals surface area contributed by atoms with Gasteiger partial charge in [-0.1, -0.05) is 12.1 Å². The molecule has 0 aliphatic carbocycles. The maximum absolute atomic E-state index is 12.7. The van der Waals surface area contributed by atoms with E-state index in [9.17, 15) is 18.0 Å². The molecular weight excluding hydrogens is 373 g/mol. The number of carbonyl (C=O) groups is 1. The van der Waals surface area contributed by atoms with Gasteiger partial charge in [0, 0.05) is 6.07 Å². The minimum atomic E-state index is -4.35. The van der Waals surface area contributed by atoms with Crippen molar-refractivity contribution in [1.82, 2.24) is 0 Å². The number of para-hydroxylation sites is 2. The molecule has 0 bridgehead atoms. The number of nitrogens with one attached hydrogen (secondary N) is 3. The summed E-state index contributed by atoms with van der Waals surface area (Å²) < 4.78 is 43.2. The van der Waals surface area contributed by atoms with E-state index in [-0.39, 0.29) is 5.91 Å². The Morgan fingerprint density at radius 3 is 2.54 bits per heavy atom. The highest BCUT2D eigenvalue weighted by Gasteiger charge is 2.33. The highest BCUT2D eigenvalue weighted by atomic mass is 19.4. The van der Waals surface area contributed by atoms with Crippen LogP contribution in [0.1, 0.15) is 5.56 Å². The standard InChI is InChI=1S/C19H21F3N4O2/c1-28-16-5-3-2-4-15(16)24-18(27)13-25-8-10-26(11-9-25)17-7-6-14(12-23-17)19(20,21)22/h2-7,12H,8-11,13H2,1H3,(H,24,27)/p+2. The summed E-state index contributed by atoms with van der Waals surface area (Å²) in [5.74, 6) is 1.15. The van der Waals surface area contributed by atoms with Crippen molar-refractivity contribution in [1.29, 1.82) is 0 Å². The van der Waals surface area contributed by atoms with Gasteiger partial charge in [-0.25, -0.2) is 4.98 Å². The van der Waals surface area contributed by atoms with Crippen LogP contribution < -0.4 is 24.8 Å². The monoisotopic (exact) mass is 396 g/mol. The number of nitrogens with zero attached hydrogens (tertiary/aromatic N) is 1. The third kappa shape index (κ3) is 4.92. The molecule has 2 aromatic rings. The van der Waals surface area contributed by atoms with E-state index in [1.165, 1.54) is 6.07 Å². The fourth-order valence-corrected chi connectivity index (χ4v) is 3.20. The first kappa shape index (κ1) is 19.9. The summed E-state index contributed by atoms with van der Waals surface area (Å²) in [7, 11) is 1.55. The molecule has 28 heavy (non-hydrogen) atoms. The van der Waals surface area contributed by atoms with Gasteiger partial charge in [-0.05, 0) is 18.2 Å². The Kier molecular flexibility index (Phi) is 6.03. The van der Waals surface area contributed by atoms with Crippen molar-refractivity contribution in [2.75, 3.05) is 50.1 Å². The molecule has 1 aliphatic heterocycles. The molecule has 3 rings (SSSR count). The van der Waals surface area contributed by atoms with E-state index in [0.29, 0.717) is 50.0 Å². The molecule has 0 radical (unpaired) electrons. The van der Waals surface area contributed by atoms with E-state index in [4.69, 9.17) is 4.74 Å². The summed E-state index contributed by atoms with van der Waals surface area (Å²) in [5, 5.41) is 2.86. The topological polar surface area (TPSA) is 60.1 Å². The molecule has 9 heteroatoms. The third-order valence-electron chi connectivity index (χ3n) is 4.73. The number of hydrogen-bond acceptors (Lipinski definition) is 3. The maximum Gasteiger partial charge on any atom is 0.419 e. The predicted molar refractivity (Wildman–Crippen MR) is 97.4 cm³/mol. The summed E-state index contributed by atoms with van der Waals surface area (Å²) in [6, 6.07) is 9.74. The van der Waals surface area contributed by atoms with Crippen LogP contribution in [0.15, 0.2) is 42.6 Å². The first-order valence-electron chi connectivity index (χ1n) is 8.97. The van der Waals surface area contributed by atoms with Gasteiger partial charge in [0.05, 0.1) is 18.4 Å². The molecule has 3 N–H and O–H groups in total. The van der Waals surface area contributed by atoms with Gasteiger partial charge in [0.2, 0.25) is 0 Å². The van der Waals surface area contributed by atoms with Crippen molar-refractivity contribution in [3.63, 3.8) is 0 Å². The number of amides is 1. The Labute approximate surface area is 160 Å². The quantitative estimate of drug-likeness (QED) is 0.789. The molecule has 1 aliphatic rings. The molecule has 0 saturated carbocycles. The lowest BCUT2D eigenvalue weighted by Crippen LogP contribution is -3.15. The van der Waals surface area contributed by atoms with E-state index < -0.39 is 11.7 Å². The smallest absolute Gasteiger partial charge is 0.419 e. The van der Waals surface area contributed by atoms with Gasteiger partial charge in [0.1, 0.15) is 38.1 Å². The average molecular weight is 396 g/mol. The van der Waals surface area contributed by atoms with E-state index >= 15 is 0 Å². The maximum atomic E-state index is 12.7. The fourth-order valence-electron chi connectivity index (χ4n) is 3.20. The molecular formula is C19H23F3N4O2+2. The zero-order valence-electron chi connectivity index (χ0n) is 15.5. The van der Waals surface area contributed by atoms with Crippen molar-refractivity contribution < 1.29 is 32.6 Å². The number of rotatable bonds is 5. The Morgan fingerprint density at radius 1 is 1.21 bits per heavy atom. The lowest BCUT2D eigenvalue weighted by molar-refractivity contribution is -0.892. The van der Waals surface area contributed by atoms with E-state index in [2.05, 4.69) is 10.3 Å². The highest BCUT2D eigenvalue weighted by Crippen LogP contribution is 2.28. The van der Waals surface area contributed by atoms with Crippen LogP contribution in [0.3, 0.4) is 0 Å². The van der Waals surface area contributed by atoms with E-state index in [0.717, 1.165) is 17.2 Å². The molecule has 150 valence electrons. The third-order valence-corrected chi connectivity index (χ3v) is 4.73. The second-order valence-corrected chi connectivity index (χ2v) is 6.62. The molecule has 2 heterocycles. The van der Waals surface area contributed by atoms with E-state index in [1.807, 2.05) is 17.0 Å². The molecule has 6 nitrogen and oxygen atoms in total. The van der Waals surface area contributed by atoms with Gasteiger partial charge in [0.15, 0.2) is 6.54 Å². The minimum Gasteiger partial charge on any atom is -0.495 e. The van der Waals surface area contributed by atoms with Gasteiger partial charge in [-0.3, -0.25) is 9.69 Å². The lowest BCUT2D eigenvalue weighted by atomic mass is 10.2. The zero-order valence-corrected chi connectivity index (χ0v) is 15.5. The molecule has 0 unspecified atom stereocenters. The number of alkyl halides is 3. The number of methoxy groups -OCH3 is 1. The van der Waals surface area contributed by atoms with Crippen molar-refractivity contribution in [3.8, 4) is 5.75 Å². The first-order chi connectivity index (χ1) is 13.4. The fraction of sp³-hybridized carbons (Fsp3) is 0.368. The molecule has 1 saturated heterocycles. The Morgan fingerprint density at radius 2 is 1.93 bits per heavy atom. The van der Waals surface area contributed by atoms with Crippen LogP contribution in [0.4, 0.5) is 24.7 Å². The number of aromatic amines is 1. The highest BCUT2D eigenvalue weighted by molar-refractivity contribution is 5.92. The second kappa shape index (κ2) is 8.47. The second-order valence-electron chi connectivity index (χ2n) is 6.62. The van der Waals surface area contributed by atoms with Crippen molar-refractivity contribution in [2.45, 2.75) is 6.18 Å². The molecule has 1 amide bonds. The van der Waals surface area contributed by atoms with Crippen molar-refractivity contribution in [2.24, 2.45) is 0 Å². The molecule has 1 fully saturated rings. The number of pyridine rings is 1. The number of aromatic nitrogens is 1.